The minimum atomic E-state index is 0.164. The van der Waals surface area contributed by atoms with Gasteiger partial charge in [-0.3, -0.25) is 4.79 Å². The highest BCUT2D eigenvalue weighted by molar-refractivity contribution is 5.83. The molecule has 1 aliphatic heterocycles. The molecule has 1 amide bonds. The number of hydrogen-bond donors (Lipinski definition) is 1. The van der Waals surface area contributed by atoms with E-state index in [0.29, 0.717) is 5.92 Å². The van der Waals surface area contributed by atoms with E-state index in [1.165, 1.54) is 5.56 Å². The average Bonchev–Trinajstić information content (AvgIpc) is 3.19. The van der Waals surface area contributed by atoms with Crippen LogP contribution >= 0.6 is 0 Å². The van der Waals surface area contributed by atoms with E-state index < -0.39 is 0 Å². The fourth-order valence-corrected chi connectivity index (χ4v) is 3.35. The summed E-state index contributed by atoms with van der Waals surface area (Å²) in [6, 6.07) is 10.6. The van der Waals surface area contributed by atoms with Crippen molar-refractivity contribution in [1.82, 2.24) is 14.9 Å². The van der Waals surface area contributed by atoms with E-state index >= 15 is 0 Å². The zero-order valence-corrected chi connectivity index (χ0v) is 11.9. The summed E-state index contributed by atoms with van der Waals surface area (Å²) < 4.78 is 2.15. The van der Waals surface area contributed by atoms with Crippen molar-refractivity contribution in [2.75, 3.05) is 0 Å². The van der Waals surface area contributed by atoms with Gasteiger partial charge in [0.2, 0.25) is 5.91 Å². The Bertz CT molecular complexity index is 649. The number of nitrogens with one attached hydrogen (secondary N) is 1. The second-order valence-corrected chi connectivity index (χ2v) is 6.10. The standard InChI is InChI=1S/C17H19N3O/c21-17(15-10-14(15)12-4-2-1-3-5-12)19-13-6-7-16-18-8-9-20(16)11-13/h1-5,8-9,13-15H,6-7,10-11H2,(H,19,21)/t13-,14-,15+/m1/s1. The van der Waals surface area contributed by atoms with E-state index in [2.05, 4.69) is 27.0 Å². The summed E-state index contributed by atoms with van der Waals surface area (Å²) in [5, 5.41) is 3.22. The van der Waals surface area contributed by atoms with Gasteiger partial charge in [0.25, 0.3) is 0 Å². The van der Waals surface area contributed by atoms with Gasteiger partial charge in [-0.2, -0.15) is 0 Å². The molecule has 4 nitrogen and oxygen atoms in total. The molecule has 4 heteroatoms. The lowest BCUT2D eigenvalue weighted by atomic mass is 10.1. The van der Waals surface area contributed by atoms with Gasteiger partial charge in [0.1, 0.15) is 5.82 Å². The fraction of sp³-hybridized carbons (Fsp3) is 0.412. The molecule has 1 aromatic heterocycles. The van der Waals surface area contributed by atoms with Gasteiger partial charge >= 0.3 is 0 Å². The van der Waals surface area contributed by atoms with Crippen LogP contribution in [-0.4, -0.2) is 21.5 Å². The minimum absolute atomic E-state index is 0.164. The zero-order valence-electron chi connectivity index (χ0n) is 11.9. The Morgan fingerprint density at radius 1 is 1.29 bits per heavy atom. The van der Waals surface area contributed by atoms with Crippen LogP contribution in [0.15, 0.2) is 42.7 Å². The molecule has 0 saturated heterocycles. The highest BCUT2D eigenvalue weighted by atomic mass is 16.2. The van der Waals surface area contributed by atoms with Crippen molar-refractivity contribution in [2.45, 2.75) is 37.8 Å². The Morgan fingerprint density at radius 3 is 3.00 bits per heavy atom. The number of hydrogen-bond acceptors (Lipinski definition) is 2. The Labute approximate surface area is 124 Å². The van der Waals surface area contributed by atoms with E-state index in [4.69, 9.17) is 0 Å². The van der Waals surface area contributed by atoms with Gasteiger partial charge in [-0.05, 0) is 24.3 Å². The molecular formula is C17H19N3O. The Hall–Kier alpha value is -2.10. The van der Waals surface area contributed by atoms with Crippen molar-refractivity contribution in [3.05, 3.63) is 54.1 Å². The molecule has 2 aromatic rings. The summed E-state index contributed by atoms with van der Waals surface area (Å²) in [7, 11) is 0. The molecule has 0 radical (unpaired) electrons. The lowest BCUT2D eigenvalue weighted by Gasteiger charge is -2.24. The largest absolute Gasteiger partial charge is 0.351 e. The lowest BCUT2D eigenvalue weighted by Crippen LogP contribution is -2.41. The lowest BCUT2D eigenvalue weighted by molar-refractivity contribution is -0.123. The molecule has 4 rings (SSSR count). The summed E-state index contributed by atoms with van der Waals surface area (Å²) in [6.07, 6.45) is 6.76. The third-order valence-electron chi connectivity index (χ3n) is 4.64. The number of fused-ring (bicyclic) bond motifs is 1. The fourth-order valence-electron chi connectivity index (χ4n) is 3.35. The normalized spacial score (nSPS) is 27.0. The number of benzene rings is 1. The number of rotatable bonds is 3. The Balaban J connectivity index is 1.36. The number of aromatic nitrogens is 2. The second kappa shape index (κ2) is 5.02. The van der Waals surface area contributed by atoms with Crippen molar-refractivity contribution in [1.29, 1.82) is 0 Å². The average molecular weight is 281 g/mol. The van der Waals surface area contributed by atoms with E-state index in [9.17, 15) is 4.79 Å². The van der Waals surface area contributed by atoms with Crippen LogP contribution in [0.25, 0.3) is 0 Å². The van der Waals surface area contributed by atoms with E-state index in [1.807, 2.05) is 30.6 Å². The number of carbonyl (C=O) groups excluding carboxylic acids is 1. The van der Waals surface area contributed by atoms with Crippen LogP contribution in [0.5, 0.6) is 0 Å². The summed E-state index contributed by atoms with van der Waals surface area (Å²) >= 11 is 0. The molecule has 1 saturated carbocycles. The predicted molar refractivity (Wildman–Crippen MR) is 79.8 cm³/mol. The highest BCUT2D eigenvalue weighted by Crippen LogP contribution is 2.47. The van der Waals surface area contributed by atoms with Crippen molar-refractivity contribution in [3.63, 3.8) is 0 Å². The van der Waals surface area contributed by atoms with Gasteiger partial charge in [0, 0.05) is 37.3 Å². The van der Waals surface area contributed by atoms with Crippen molar-refractivity contribution in [3.8, 4) is 0 Å². The van der Waals surface area contributed by atoms with Crippen LogP contribution in [0.2, 0.25) is 0 Å². The van der Waals surface area contributed by atoms with Gasteiger partial charge in [0.05, 0.1) is 0 Å². The third-order valence-corrected chi connectivity index (χ3v) is 4.64. The topological polar surface area (TPSA) is 46.9 Å². The molecule has 1 fully saturated rings. The SMILES string of the molecule is O=C(N[C@@H]1CCc2nccn2C1)[C@H]1C[C@@H]1c1ccccc1. The van der Waals surface area contributed by atoms with E-state index in [1.54, 1.807) is 0 Å². The maximum absolute atomic E-state index is 12.4. The monoisotopic (exact) mass is 281 g/mol. The third kappa shape index (κ3) is 2.46. The molecule has 1 aliphatic carbocycles. The number of amides is 1. The molecule has 108 valence electrons. The number of nitrogens with zero attached hydrogens (tertiary/aromatic N) is 2. The first-order valence-corrected chi connectivity index (χ1v) is 7.66. The summed E-state index contributed by atoms with van der Waals surface area (Å²) in [6.45, 7) is 0.851. The van der Waals surface area contributed by atoms with Gasteiger partial charge < -0.3 is 9.88 Å². The summed E-state index contributed by atoms with van der Waals surface area (Å²) in [4.78, 5) is 16.7. The number of imidazole rings is 1. The molecular weight excluding hydrogens is 262 g/mol. The molecule has 0 spiro atoms. The number of carbonyl (C=O) groups is 1. The first-order chi connectivity index (χ1) is 10.3. The highest BCUT2D eigenvalue weighted by Gasteiger charge is 2.44. The Morgan fingerprint density at radius 2 is 2.14 bits per heavy atom. The molecule has 21 heavy (non-hydrogen) atoms. The molecule has 0 unspecified atom stereocenters. The van der Waals surface area contributed by atoms with Crippen LogP contribution in [0, 0.1) is 5.92 Å². The van der Waals surface area contributed by atoms with E-state index in [-0.39, 0.29) is 17.9 Å². The molecule has 3 atom stereocenters. The first-order valence-electron chi connectivity index (χ1n) is 7.66. The van der Waals surface area contributed by atoms with Crippen LogP contribution < -0.4 is 5.32 Å². The summed E-state index contributed by atoms with van der Waals surface area (Å²) in [5.74, 6) is 1.93. The predicted octanol–water partition coefficient (Wildman–Crippen LogP) is 2.12. The van der Waals surface area contributed by atoms with Gasteiger partial charge in [-0.15, -0.1) is 0 Å². The minimum Gasteiger partial charge on any atom is -0.351 e. The van der Waals surface area contributed by atoms with E-state index in [0.717, 1.165) is 31.6 Å². The van der Waals surface area contributed by atoms with Gasteiger partial charge in [-0.25, -0.2) is 4.98 Å². The molecule has 2 heterocycles. The van der Waals surface area contributed by atoms with Crippen LogP contribution in [0.4, 0.5) is 0 Å². The quantitative estimate of drug-likeness (QED) is 0.936. The van der Waals surface area contributed by atoms with Crippen molar-refractivity contribution in [2.24, 2.45) is 5.92 Å². The molecule has 2 aliphatic rings. The molecule has 0 bridgehead atoms. The number of aryl methyl sites for hydroxylation is 1. The Kier molecular flexibility index (Phi) is 3.02. The first kappa shape index (κ1) is 12.6. The van der Waals surface area contributed by atoms with Crippen molar-refractivity contribution < 1.29 is 4.79 Å². The van der Waals surface area contributed by atoms with Crippen LogP contribution in [0.3, 0.4) is 0 Å². The van der Waals surface area contributed by atoms with Crippen molar-refractivity contribution >= 4 is 5.91 Å². The summed E-state index contributed by atoms with van der Waals surface area (Å²) in [5.41, 5.74) is 1.29. The zero-order chi connectivity index (χ0) is 14.2. The maximum Gasteiger partial charge on any atom is 0.224 e. The maximum atomic E-state index is 12.4. The molecule has 1 N–H and O–H groups in total. The second-order valence-electron chi connectivity index (χ2n) is 6.10. The molecule has 1 aromatic carbocycles. The van der Waals surface area contributed by atoms with Gasteiger partial charge in [-0.1, -0.05) is 30.3 Å². The van der Waals surface area contributed by atoms with Crippen LogP contribution in [-0.2, 0) is 17.8 Å². The van der Waals surface area contributed by atoms with Gasteiger partial charge in [0.15, 0.2) is 0 Å². The smallest absolute Gasteiger partial charge is 0.224 e. The van der Waals surface area contributed by atoms with Crippen LogP contribution in [0.1, 0.15) is 30.1 Å².